The zero-order chi connectivity index (χ0) is 11.2. The van der Waals surface area contributed by atoms with E-state index in [-0.39, 0.29) is 0 Å². The van der Waals surface area contributed by atoms with Gasteiger partial charge in [-0.05, 0) is 36.6 Å². The molecule has 0 bridgehead atoms. The lowest BCUT2D eigenvalue weighted by atomic mass is 10.00. The Morgan fingerprint density at radius 1 is 1.31 bits per heavy atom. The largest absolute Gasteiger partial charge is 0.381 e. The molecule has 1 aromatic rings. The second kappa shape index (κ2) is 6.67. The van der Waals surface area contributed by atoms with Gasteiger partial charge < -0.3 is 4.74 Å². The van der Waals surface area contributed by atoms with Crippen LogP contribution in [0.3, 0.4) is 0 Å². The topological polar surface area (TPSA) is 9.23 Å². The summed E-state index contributed by atoms with van der Waals surface area (Å²) in [6.45, 7) is 1.84. The fourth-order valence-electron chi connectivity index (χ4n) is 1.88. The highest BCUT2D eigenvalue weighted by Gasteiger charge is 2.22. The van der Waals surface area contributed by atoms with E-state index in [4.69, 9.17) is 4.74 Å². The molecule has 1 aromatic carbocycles. The minimum absolute atomic E-state index is 0.651. The van der Waals surface area contributed by atoms with E-state index in [1.807, 2.05) is 11.8 Å². The predicted octanol–water partition coefficient (Wildman–Crippen LogP) is 3.97. The number of hydrogen-bond donors (Lipinski definition) is 0. The molecule has 3 heteroatoms. The first kappa shape index (κ1) is 12.5. The Hall–Kier alpha value is 0.0100. The first-order valence-electron chi connectivity index (χ1n) is 5.76. The number of halogens is 1. The van der Waals surface area contributed by atoms with Crippen LogP contribution in [0.4, 0.5) is 0 Å². The number of rotatable bonds is 4. The van der Waals surface area contributed by atoms with Crippen LogP contribution in [0.25, 0.3) is 0 Å². The summed E-state index contributed by atoms with van der Waals surface area (Å²) in [5, 5.41) is 0. The van der Waals surface area contributed by atoms with Crippen molar-refractivity contribution >= 4 is 27.7 Å². The van der Waals surface area contributed by atoms with Crippen LogP contribution in [0.15, 0.2) is 35.2 Å². The molecule has 1 aliphatic heterocycles. The molecule has 0 saturated carbocycles. The average molecular weight is 301 g/mol. The molecule has 2 rings (SSSR count). The van der Waals surface area contributed by atoms with Gasteiger partial charge in [-0.2, -0.15) is 0 Å². The smallest absolute Gasteiger partial charge is 0.0505 e. The van der Waals surface area contributed by atoms with Crippen LogP contribution in [0.2, 0.25) is 0 Å². The van der Waals surface area contributed by atoms with Crippen molar-refractivity contribution in [1.82, 2.24) is 0 Å². The minimum atomic E-state index is 0.651. The van der Waals surface area contributed by atoms with Crippen LogP contribution >= 0.6 is 27.7 Å². The molecule has 1 heterocycles. The van der Waals surface area contributed by atoms with Crippen molar-refractivity contribution in [2.75, 3.05) is 19.0 Å². The van der Waals surface area contributed by atoms with E-state index in [1.54, 1.807) is 0 Å². The summed E-state index contributed by atoms with van der Waals surface area (Å²) in [5.74, 6) is 1.87. The van der Waals surface area contributed by atoms with Crippen LogP contribution in [0.5, 0.6) is 0 Å². The summed E-state index contributed by atoms with van der Waals surface area (Å²) < 4.78 is 5.52. The van der Waals surface area contributed by atoms with Gasteiger partial charge in [0.05, 0.1) is 6.61 Å². The minimum Gasteiger partial charge on any atom is -0.381 e. The van der Waals surface area contributed by atoms with E-state index < -0.39 is 0 Å². The third kappa shape index (κ3) is 3.79. The molecule has 2 atom stereocenters. The molecule has 1 saturated heterocycles. The molecular formula is C13H17BrOS. The van der Waals surface area contributed by atoms with Crippen molar-refractivity contribution in [3.63, 3.8) is 0 Å². The monoisotopic (exact) mass is 300 g/mol. The molecule has 0 spiro atoms. The van der Waals surface area contributed by atoms with E-state index in [2.05, 4.69) is 46.3 Å². The number of hydrogen-bond acceptors (Lipinski definition) is 2. The van der Waals surface area contributed by atoms with Gasteiger partial charge in [0, 0.05) is 16.3 Å². The SMILES string of the molecule is BrC1CCOCC1CCSc1ccccc1. The highest BCUT2D eigenvalue weighted by atomic mass is 79.9. The number of benzene rings is 1. The normalized spacial score (nSPS) is 25.6. The van der Waals surface area contributed by atoms with Gasteiger partial charge in [-0.3, -0.25) is 0 Å². The molecule has 0 aromatic heterocycles. The number of thioether (sulfide) groups is 1. The summed E-state index contributed by atoms with van der Waals surface area (Å²) in [6, 6.07) is 10.6. The molecule has 1 aliphatic rings. The fourth-order valence-corrected chi connectivity index (χ4v) is 3.49. The molecule has 0 N–H and O–H groups in total. The van der Waals surface area contributed by atoms with Crippen molar-refractivity contribution in [3.05, 3.63) is 30.3 Å². The van der Waals surface area contributed by atoms with Crippen LogP contribution < -0.4 is 0 Å². The maximum absolute atomic E-state index is 5.52. The summed E-state index contributed by atoms with van der Waals surface area (Å²) >= 11 is 5.69. The Bertz CT molecular complexity index is 304. The third-order valence-corrected chi connectivity index (χ3v) is 5.13. The first-order chi connectivity index (χ1) is 7.86. The maximum Gasteiger partial charge on any atom is 0.0505 e. The zero-order valence-electron chi connectivity index (χ0n) is 9.27. The van der Waals surface area contributed by atoms with Crippen molar-refractivity contribution in [2.24, 2.45) is 5.92 Å². The highest BCUT2D eigenvalue weighted by Crippen LogP contribution is 2.28. The fraction of sp³-hybridized carbons (Fsp3) is 0.538. The molecule has 16 heavy (non-hydrogen) atoms. The molecule has 1 nitrogen and oxygen atoms in total. The van der Waals surface area contributed by atoms with Crippen LogP contribution in [-0.2, 0) is 4.74 Å². The van der Waals surface area contributed by atoms with Crippen LogP contribution in [-0.4, -0.2) is 23.8 Å². The van der Waals surface area contributed by atoms with Crippen LogP contribution in [0, 0.1) is 5.92 Å². The standard InChI is InChI=1S/C13H17BrOS/c14-13-6-8-15-10-11(13)7-9-16-12-4-2-1-3-5-12/h1-5,11,13H,6-10H2. The maximum atomic E-state index is 5.52. The lowest BCUT2D eigenvalue weighted by molar-refractivity contribution is 0.0595. The van der Waals surface area contributed by atoms with E-state index >= 15 is 0 Å². The van der Waals surface area contributed by atoms with E-state index in [1.165, 1.54) is 17.1 Å². The number of ether oxygens (including phenoxy) is 1. The van der Waals surface area contributed by atoms with Crippen molar-refractivity contribution < 1.29 is 4.74 Å². The van der Waals surface area contributed by atoms with Gasteiger partial charge in [0.1, 0.15) is 0 Å². The first-order valence-corrected chi connectivity index (χ1v) is 7.66. The Kier molecular flexibility index (Phi) is 5.20. The quantitative estimate of drug-likeness (QED) is 0.615. The van der Waals surface area contributed by atoms with Crippen LogP contribution in [0.1, 0.15) is 12.8 Å². The Morgan fingerprint density at radius 2 is 2.12 bits per heavy atom. The molecule has 0 amide bonds. The van der Waals surface area contributed by atoms with Gasteiger partial charge in [0.15, 0.2) is 0 Å². The van der Waals surface area contributed by atoms with Crippen molar-refractivity contribution in [1.29, 1.82) is 0 Å². The van der Waals surface area contributed by atoms with E-state index in [0.29, 0.717) is 10.7 Å². The molecule has 0 radical (unpaired) electrons. The summed E-state index contributed by atoms with van der Waals surface area (Å²) in [5.41, 5.74) is 0. The lowest BCUT2D eigenvalue weighted by Crippen LogP contribution is -2.28. The predicted molar refractivity (Wildman–Crippen MR) is 73.4 cm³/mol. The summed E-state index contributed by atoms with van der Waals surface area (Å²) in [6.07, 6.45) is 2.39. The van der Waals surface area contributed by atoms with Crippen molar-refractivity contribution in [2.45, 2.75) is 22.6 Å². The van der Waals surface area contributed by atoms with Gasteiger partial charge in [-0.1, -0.05) is 34.1 Å². The molecule has 88 valence electrons. The second-order valence-corrected chi connectivity index (χ2v) is 6.43. The van der Waals surface area contributed by atoms with Crippen molar-refractivity contribution in [3.8, 4) is 0 Å². The van der Waals surface area contributed by atoms with Gasteiger partial charge in [-0.25, -0.2) is 0 Å². The summed E-state index contributed by atoms with van der Waals surface area (Å²) in [7, 11) is 0. The van der Waals surface area contributed by atoms with E-state index in [9.17, 15) is 0 Å². The Labute approximate surface area is 110 Å². The Morgan fingerprint density at radius 3 is 2.88 bits per heavy atom. The van der Waals surface area contributed by atoms with Gasteiger partial charge in [0.25, 0.3) is 0 Å². The lowest BCUT2D eigenvalue weighted by Gasteiger charge is -2.27. The molecule has 0 aliphatic carbocycles. The van der Waals surface area contributed by atoms with Gasteiger partial charge in [-0.15, -0.1) is 11.8 Å². The van der Waals surface area contributed by atoms with Gasteiger partial charge >= 0.3 is 0 Å². The average Bonchev–Trinajstić information content (AvgIpc) is 2.33. The summed E-state index contributed by atoms with van der Waals surface area (Å²) in [4.78, 5) is 2.02. The second-order valence-electron chi connectivity index (χ2n) is 4.09. The highest BCUT2D eigenvalue weighted by molar-refractivity contribution is 9.09. The van der Waals surface area contributed by atoms with Gasteiger partial charge in [0.2, 0.25) is 0 Å². The Balaban J connectivity index is 1.71. The molecule has 2 unspecified atom stereocenters. The number of alkyl halides is 1. The molecule has 1 fully saturated rings. The third-order valence-electron chi connectivity index (χ3n) is 2.88. The van der Waals surface area contributed by atoms with E-state index in [0.717, 1.165) is 19.6 Å². The zero-order valence-corrected chi connectivity index (χ0v) is 11.7. The molecular weight excluding hydrogens is 284 g/mol.